The Hall–Kier alpha value is -2.53. The van der Waals surface area contributed by atoms with Gasteiger partial charge in [0.1, 0.15) is 5.28 Å². The van der Waals surface area contributed by atoms with Crippen LogP contribution in [0.3, 0.4) is 0 Å². The molecule has 0 unspecified atom stereocenters. The zero-order chi connectivity index (χ0) is 12.7. The second-order valence-electron chi connectivity index (χ2n) is 2.99. The molecule has 1 atom stereocenters. The summed E-state index contributed by atoms with van der Waals surface area (Å²) < 4.78 is 4.80. The van der Waals surface area contributed by atoms with E-state index in [1.54, 1.807) is 30.3 Å². The molecule has 0 aromatic heterocycles. The van der Waals surface area contributed by atoms with Gasteiger partial charge in [-0.3, -0.25) is 0 Å². The third-order valence-corrected chi connectivity index (χ3v) is 1.79. The van der Waals surface area contributed by atoms with Crippen LogP contribution < -0.4 is 0 Å². The first-order valence-corrected chi connectivity index (χ1v) is 4.66. The van der Waals surface area contributed by atoms with E-state index in [9.17, 15) is 9.59 Å². The number of carbonyl (C=O) groups is 2. The number of benzene rings is 1. The van der Waals surface area contributed by atoms with Gasteiger partial charge in [-0.2, -0.15) is 0 Å². The van der Waals surface area contributed by atoms with Crippen LogP contribution in [0.25, 0.3) is 10.4 Å². The van der Waals surface area contributed by atoms with Crippen LogP contribution >= 0.6 is 0 Å². The molecule has 0 spiro atoms. The predicted molar refractivity (Wildman–Crippen MR) is 56.6 cm³/mol. The maximum Gasteiger partial charge on any atom is 0.358 e. The SMILES string of the molecule is C[C@@H](OC(=O)c1ccccc1)C(=O)ON=[N+]=[N-]. The number of azide groups is 1. The van der Waals surface area contributed by atoms with E-state index in [-0.39, 0.29) is 0 Å². The highest BCUT2D eigenvalue weighted by Gasteiger charge is 2.19. The van der Waals surface area contributed by atoms with Gasteiger partial charge in [-0.25, -0.2) is 9.59 Å². The smallest absolute Gasteiger partial charge is 0.358 e. The molecule has 17 heavy (non-hydrogen) atoms. The quantitative estimate of drug-likeness (QED) is 0.262. The van der Waals surface area contributed by atoms with Gasteiger partial charge in [0.2, 0.25) is 0 Å². The molecule has 0 aliphatic rings. The topological polar surface area (TPSA) is 101 Å². The van der Waals surface area contributed by atoms with Crippen molar-refractivity contribution >= 4 is 11.9 Å². The standard InChI is InChI=1S/C10H9N3O4/c1-7(9(14)17-13-12-11)16-10(15)8-5-3-2-4-6-8/h2-7H,1H3/t7-/m1/s1. The highest BCUT2D eigenvalue weighted by molar-refractivity contribution is 5.91. The fraction of sp³-hybridized carbons (Fsp3) is 0.200. The molecule has 0 radical (unpaired) electrons. The first kappa shape index (κ1) is 12.5. The van der Waals surface area contributed by atoms with Crippen molar-refractivity contribution in [1.29, 1.82) is 0 Å². The summed E-state index contributed by atoms with van der Waals surface area (Å²) in [5, 5.41) is 2.61. The minimum Gasteiger partial charge on any atom is -0.447 e. The molecule has 0 fully saturated rings. The molecule has 0 aliphatic heterocycles. The Labute approximate surface area is 96.5 Å². The summed E-state index contributed by atoms with van der Waals surface area (Å²) in [5.74, 6) is -1.59. The lowest BCUT2D eigenvalue weighted by atomic mass is 10.2. The van der Waals surface area contributed by atoms with Crippen molar-refractivity contribution in [2.75, 3.05) is 0 Å². The van der Waals surface area contributed by atoms with Gasteiger partial charge in [0.05, 0.1) is 5.56 Å². The molecular weight excluding hydrogens is 226 g/mol. The van der Waals surface area contributed by atoms with Crippen LogP contribution in [0.15, 0.2) is 35.6 Å². The minimum atomic E-state index is -1.15. The summed E-state index contributed by atoms with van der Waals surface area (Å²) >= 11 is 0. The van der Waals surface area contributed by atoms with E-state index in [0.29, 0.717) is 5.56 Å². The largest absolute Gasteiger partial charge is 0.447 e. The molecular formula is C10H9N3O4. The Morgan fingerprint density at radius 3 is 2.59 bits per heavy atom. The molecule has 0 bridgehead atoms. The Morgan fingerprint density at radius 1 is 1.35 bits per heavy atom. The minimum absolute atomic E-state index is 0.316. The van der Waals surface area contributed by atoms with E-state index < -0.39 is 18.0 Å². The average molecular weight is 235 g/mol. The predicted octanol–water partition coefficient (Wildman–Crippen LogP) is 2.00. The Kier molecular flexibility index (Phi) is 4.53. The number of nitrogens with zero attached hydrogens (tertiary/aromatic N) is 3. The van der Waals surface area contributed by atoms with Crippen molar-refractivity contribution in [2.45, 2.75) is 13.0 Å². The summed E-state index contributed by atoms with van der Waals surface area (Å²) in [6, 6.07) is 8.18. The van der Waals surface area contributed by atoms with Crippen molar-refractivity contribution in [3.8, 4) is 0 Å². The molecule has 0 N–H and O–H groups in total. The summed E-state index contributed by atoms with van der Waals surface area (Å²) in [5.41, 5.74) is 8.25. The second-order valence-corrected chi connectivity index (χ2v) is 2.99. The lowest BCUT2D eigenvalue weighted by molar-refractivity contribution is -0.153. The van der Waals surface area contributed by atoms with Gasteiger partial charge in [0.15, 0.2) is 6.10 Å². The number of hydrogen-bond acceptors (Lipinski definition) is 5. The number of carbonyl (C=O) groups excluding carboxylic acids is 2. The van der Waals surface area contributed by atoms with Crippen LogP contribution in [-0.2, 0) is 14.4 Å². The van der Waals surface area contributed by atoms with Gasteiger partial charge in [0, 0.05) is 4.91 Å². The fourth-order valence-electron chi connectivity index (χ4n) is 0.984. The molecule has 0 amide bonds. The first-order valence-electron chi connectivity index (χ1n) is 4.66. The van der Waals surface area contributed by atoms with Crippen LogP contribution in [0.1, 0.15) is 17.3 Å². The zero-order valence-corrected chi connectivity index (χ0v) is 8.94. The van der Waals surface area contributed by atoms with E-state index >= 15 is 0 Å². The number of rotatable bonds is 4. The van der Waals surface area contributed by atoms with Crippen molar-refractivity contribution < 1.29 is 19.2 Å². The molecule has 1 aromatic carbocycles. The molecule has 0 aliphatic carbocycles. The summed E-state index contributed by atoms with van der Waals surface area (Å²) in [4.78, 5) is 28.9. The number of ether oxygens (including phenoxy) is 1. The van der Waals surface area contributed by atoms with Gasteiger partial charge < -0.3 is 9.57 Å². The molecule has 0 heterocycles. The lowest BCUT2D eigenvalue weighted by Crippen LogP contribution is -2.24. The van der Waals surface area contributed by atoms with Crippen molar-refractivity contribution in [2.24, 2.45) is 5.28 Å². The summed E-state index contributed by atoms with van der Waals surface area (Å²) in [6.07, 6.45) is -1.15. The molecule has 0 saturated heterocycles. The third kappa shape index (κ3) is 3.84. The molecule has 88 valence electrons. The first-order chi connectivity index (χ1) is 8.15. The molecule has 1 rings (SSSR count). The van der Waals surface area contributed by atoms with Crippen LogP contribution in [-0.4, -0.2) is 18.0 Å². The van der Waals surface area contributed by atoms with Crippen LogP contribution in [0.2, 0.25) is 0 Å². The van der Waals surface area contributed by atoms with E-state index in [1.807, 2.05) is 0 Å². The van der Waals surface area contributed by atoms with Gasteiger partial charge >= 0.3 is 11.9 Å². The monoisotopic (exact) mass is 235 g/mol. The summed E-state index contributed by atoms with van der Waals surface area (Å²) in [6.45, 7) is 1.32. The highest BCUT2D eigenvalue weighted by Crippen LogP contribution is 2.04. The van der Waals surface area contributed by atoms with E-state index in [0.717, 1.165) is 0 Å². The van der Waals surface area contributed by atoms with Gasteiger partial charge in [-0.1, -0.05) is 18.2 Å². The zero-order valence-electron chi connectivity index (χ0n) is 8.94. The van der Waals surface area contributed by atoms with Gasteiger partial charge in [0.25, 0.3) is 0 Å². The van der Waals surface area contributed by atoms with E-state index in [1.165, 1.54) is 6.92 Å². The van der Waals surface area contributed by atoms with Crippen molar-refractivity contribution in [3.63, 3.8) is 0 Å². The Morgan fingerprint density at radius 2 is 2.00 bits per heavy atom. The molecule has 7 heteroatoms. The molecule has 7 nitrogen and oxygen atoms in total. The van der Waals surface area contributed by atoms with Crippen LogP contribution in [0.5, 0.6) is 0 Å². The normalized spacial score (nSPS) is 10.9. The molecule has 0 saturated carbocycles. The molecule has 1 aromatic rings. The maximum atomic E-state index is 11.5. The number of esters is 1. The van der Waals surface area contributed by atoms with E-state index in [4.69, 9.17) is 10.3 Å². The Bertz CT molecular complexity index is 454. The third-order valence-electron chi connectivity index (χ3n) is 1.79. The van der Waals surface area contributed by atoms with Crippen LogP contribution in [0.4, 0.5) is 0 Å². The lowest BCUT2D eigenvalue weighted by Gasteiger charge is -2.09. The highest BCUT2D eigenvalue weighted by atomic mass is 16.7. The second kappa shape index (κ2) is 6.14. The summed E-state index contributed by atoms with van der Waals surface area (Å²) in [7, 11) is 0. The Balaban J connectivity index is 2.57. The van der Waals surface area contributed by atoms with Crippen molar-refractivity contribution in [3.05, 3.63) is 46.3 Å². The average Bonchev–Trinajstić information content (AvgIpc) is 2.36. The maximum absolute atomic E-state index is 11.5. The van der Waals surface area contributed by atoms with Crippen molar-refractivity contribution in [1.82, 2.24) is 0 Å². The van der Waals surface area contributed by atoms with Gasteiger partial charge in [-0.05, 0) is 24.6 Å². The van der Waals surface area contributed by atoms with Crippen LogP contribution in [0, 0.1) is 0 Å². The van der Waals surface area contributed by atoms with E-state index in [2.05, 4.69) is 15.0 Å². The number of hydrogen-bond donors (Lipinski definition) is 0. The fourth-order valence-corrected chi connectivity index (χ4v) is 0.984. The van der Waals surface area contributed by atoms with Gasteiger partial charge in [-0.15, -0.1) is 0 Å².